The maximum Gasteiger partial charge on any atom is 0.259 e. The van der Waals surface area contributed by atoms with Gasteiger partial charge >= 0.3 is 0 Å². The van der Waals surface area contributed by atoms with E-state index in [1.165, 1.54) is 0 Å². The van der Waals surface area contributed by atoms with Gasteiger partial charge in [0.25, 0.3) is 11.3 Å². The SMILES string of the molecule is Cc1cc(COc2ccc(NS(=O)O)cc2)c2ccccc2n1. The van der Waals surface area contributed by atoms with Gasteiger partial charge in [0.2, 0.25) is 0 Å². The molecule has 2 N–H and O–H groups in total. The largest absolute Gasteiger partial charge is 0.489 e. The molecule has 0 amide bonds. The Balaban J connectivity index is 1.77. The van der Waals surface area contributed by atoms with Crippen LogP contribution in [0.15, 0.2) is 54.6 Å². The molecule has 0 aliphatic carbocycles. The average molecular weight is 328 g/mol. The van der Waals surface area contributed by atoms with Crippen molar-refractivity contribution >= 4 is 27.9 Å². The van der Waals surface area contributed by atoms with Crippen molar-refractivity contribution in [3.05, 3.63) is 65.9 Å². The number of fused-ring (bicyclic) bond motifs is 1. The van der Waals surface area contributed by atoms with E-state index in [9.17, 15) is 4.21 Å². The van der Waals surface area contributed by atoms with Crippen LogP contribution in [0.5, 0.6) is 5.75 Å². The summed E-state index contributed by atoms with van der Waals surface area (Å²) in [5.41, 5.74) is 3.54. The molecule has 0 aliphatic heterocycles. The van der Waals surface area contributed by atoms with E-state index in [-0.39, 0.29) is 0 Å². The highest BCUT2D eigenvalue weighted by Crippen LogP contribution is 2.21. The van der Waals surface area contributed by atoms with E-state index in [0.717, 1.165) is 22.2 Å². The third-order valence-corrected chi connectivity index (χ3v) is 3.79. The Morgan fingerprint density at radius 2 is 1.91 bits per heavy atom. The summed E-state index contributed by atoms with van der Waals surface area (Å²) in [6.45, 7) is 2.40. The molecule has 118 valence electrons. The highest BCUT2D eigenvalue weighted by molar-refractivity contribution is 7.80. The van der Waals surface area contributed by atoms with Crippen LogP contribution in [0.2, 0.25) is 0 Å². The molecule has 5 nitrogen and oxygen atoms in total. The van der Waals surface area contributed by atoms with Gasteiger partial charge in [0, 0.05) is 22.3 Å². The minimum absolute atomic E-state index is 0.433. The Hall–Kier alpha value is -2.44. The van der Waals surface area contributed by atoms with Gasteiger partial charge in [-0.25, -0.2) is 4.21 Å². The van der Waals surface area contributed by atoms with Gasteiger partial charge in [-0.3, -0.25) is 14.3 Å². The highest BCUT2D eigenvalue weighted by atomic mass is 32.2. The van der Waals surface area contributed by atoms with Crippen molar-refractivity contribution in [1.82, 2.24) is 4.98 Å². The minimum atomic E-state index is -2.07. The van der Waals surface area contributed by atoms with Crippen LogP contribution in [0.25, 0.3) is 10.9 Å². The second-order valence-electron chi connectivity index (χ2n) is 5.10. The molecule has 0 saturated carbocycles. The molecule has 0 radical (unpaired) electrons. The van der Waals surface area contributed by atoms with Crippen LogP contribution in [0.3, 0.4) is 0 Å². The smallest absolute Gasteiger partial charge is 0.259 e. The van der Waals surface area contributed by atoms with Crippen molar-refractivity contribution in [2.45, 2.75) is 13.5 Å². The number of nitrogens with zero attached hydrogens (tertiary/aromatic N) is 1. The number of anilines is 1. The summed E-state index contributed by atoms with van der Waals surface area (Å²) in [5.74, 6) is 0.692. The van der Waals surface area contributed by atoms with Gasteiger partial charge in [-0.05, 0) is 43.3 Å². The summed E-state index contributed by atoms with van der Waals surface area (Å²) in [6.07, 6.45) is 0. The number of ether oxygens (including phenoxy) is 1. The molecule has 1 aromatic heterocycles. The lowest BCUT2D eigenvalue weighted by Gasteiger charge is -2.10. The van der Waals surface area contributed by atoms with Crippen LogP contribution < -0.4 is 9.46 Å². The Morgan fingerprint density at radius 3 is 2.65 bits per heavy atom. The number of hydrogen-bond donors (Lipinski definition) is 2. The lowest BCUT2D eigenvalue weighted by molar-refractivity contribution is 0.307. The number of rotatable bonds is 5. The molecule has 0 aliphatic rings. The normalized spacial score (nSPS) is 12.1. The van der Waals surface area contributed by atoms with Gasteiger partial charge in [0.15, 0.2) is 0 Å². The van der Waals surface area contributed by atoms with Crippen molar-refractivity contribution in [2.75, 3.05) is 4.72 Å². The monoisotopic (exact) mass is 328 g/mol. The molecule has 1 atom stereocenters. The number of para-hydroxylation sites is 1. The molecule has 2 aromatic carbocycles. The molecule has 0 saturated heterocycles. The fraction of sp³-hybridized carbons (Fsp3) is 0.118. The Bertz CT molecular complexity index is 850. The lowest BCUT2D eigenvalue weighted by atomic mass is 10.1. The van der Waals surface area contributed by atoms with Gasteiger partial charge in [0.1, 0.15) is 12.4 Å². The van der Waals surface area contributed by atoms with Crippen molar-refractivity contribution in [3.8, 4) is 5.75 Å². The zero-order chi connectivity index (χ0) is 16.2. The first-order chi connectivity index (χ1) is 11.1. The zero-order valence-electron chi connectivity index (χ0n) is 12.5. The molecule has 6 heteroatoms. The maximum absolute atomic E-state index is 10.7. The third kappa shape index (κ3) is 3.85. The summed E-state index contributed by atoms with van der Waals surface area (Å²) < 4.78 is 27.7. The fourth-order valence-corrected chi connectivity index (χ4v) is 2.73. The second-order valence-corrected chi connectivity index (χ2v) is 5.81. The van der Waals surface area contributed by atoms with Gasteiger partial charge < -0.3 is 4.74 Å². The van der Waals surface area contributed by atoms with Crippen molar-refractivity contribution in [3.63, 3.8) is 0 Å². The van der Waals surface area contributed by atoms with Crippen LogP contribution in [0.1, 0.15) is 11.3 Å². The van der Waals surface area contributed by atoms with Crippen molar-refractivity contribution in [1.29, 1.82) is 0 Å². The molecule has 3 aromatic rings. The number of hydrogen-bond acceptors (Lipinski definition) is 3. The van der Waals surface area contributed by atoms with Crippen molar-refractivity contribution in [2.24, 2.45) is 0 Å². The van der Waals surface area contributed by atoms with Gasteiger partial charge in [-0.15, -0.1) is 0 Å². The lowest BCUT2D eigenvalue weighted by Crippen LogP contribution is -2.02. The standard InChI is InChI=1S/C17H16N2O3S/c1-12-10-13(16-4-2-3-5-17(16)18-12)11-22-15-8-6-14(7-9-15)19-23(20)21/h2-10,19H,11H2,1H3,(H,20,21). The molecule has 1 heterocycles. The summed E-state index contributed by atoms with van der Waals surface area (Å²) >= 11 is -2.07. The second kappa shape index (κ2) is 6.76. The number of pyridine rings is 1. The molecule has 0 spiro atoms. The van der Waals surface area contributed by atoms with Crippen LogP contribution >= 0.6 is 0 Å². The Kier molecular flexibility index (Phi) is 4.55. The van der Waals surface area contributed by atoms with Crippen LogP contribution in [-0.2, 0) is 17.9 Å². The summed E-state index contributed by atoms with van der Waals surface area (Å²) in [6, 6.07) is 16.9. The first kappa shape index (κ1) is 15.5. The Morgan fingerprint density at radius 1 is 1.17 bits per heavy atom. The van der Waals surface area contributed by atoms with Crippen LogP contribution in [0.4, 0.5) is 5.69 Å². The van der Waals surface area contributed by atoms with E-state index in [2.05, 4.69) is 9.71 Å². The number of aromatic nitrogens is 1. The molecular formula is C17H16N2O3S. The number of aryl methyl sites for hydroxylation is 1. The molecule has 0 fully saturated rings. The number of nitrogens with one attached hydrogen (secondary N) is 1. The minimum Gasteiger partial charge on any atom is -0.489 e. The fourth-order valence-electron chi connectivity index (χ4n) is 2.40. The quantitative estimate of drug-likeness (QED) is 0.701. The zero-order valence-corrected chi connectivity index (χ0v) is 13.3. The van der Waals surface area contributed by atoms with Crippen LogP contribution in [0, 0.1) is 6.92 Å². The predicted octanol–water partition coefficient (Wildman–Crippen LogP) is 3.67. The van der Waals surface area contributed by atoms with Gasteiger partial charge in [-0.2, -0.15) is 0 Å². The summed E-state index contributed by atoms with van der Waals surface area (Å²) in [7, 11) is 0. The van der Waals surface area contributed by atoms with E-state index in [1.54, 1.807) is 24.3 Å². The summed E-state index contributed by atoms with van der Waals surface area (Å²) in [4.78, 5) is 4.51. The molecule has 0 bridgehead atoms. The van der Waals surface area contributed by atoms with Gasteiger partial charge in [0.05, 0.1) is 5.52 Å². The Labute approximate surface area is 136 Å². The van der Waals surface area contributed by atoms with Crippen LogP contribution in [-0.4, -0.2) is 13.7 Å². The first-order valence-electron chi connectivity index (χ1n) is 7.07. The van der Waals surface area contributed by atoms with Gasteiger partial charge in [-0.1, -0.05) is 18.2 Å². The van der Waals surface area contributed by atoms with E-state index >= 15 is 0 Å². The topological polar surface area (TPSA) is 71.5 Å². The number of benzene rings is 2. The first-order valence-corrected chi connectivity index (χ1v) is 8.18. The van der Waals surface area contributed by atoms with E-state index < -0.39 is 11.3 Å². The predicted molar refractivity (Wildman–Crippen MR) is 91.6 cm³/mol. The summed E-state index contributed by atoms with van der Waals surface area (Å²) in [5, 5.41) is 1.08. The third-order valence-electron chi connectivity index (χ3n) is 3.38. The molecule has 1 unspecified atom stereocenters. The van der Waals surface area contributed by atoms with E-state index in [4.69, 9.17) is 9.29 Å². The van der Waals surface area contributed by atoms with Crippen molar-refractivity contribution < 1.29 is 13.5 Å². The molecular weight excluding hydrogens is 312 g/mol. The average Bonchev–Trinajstić information content (AvgIpc) is 2.53. The highest BCUT2D eigenvalue weighted by Gasteiger charge is 2.05. The van der Waals surface area contributed by atoms with E-state index in [0.29, 0.717) is 18.0 Å². The molecule has 3 rings (SSSR count). The maximum atomic E-state index is 10.7. The molecule has 23 heavy (non-hydrogen) atoms. The van der Waals surface area contributed by atoms with E-state index in [1.807, 2.05) is 37.3 Å².